The summed E-state index contributed by atoms with van der Waals surface area (Å²) < 4.78 is 0. The minimum absolute atomic E-state index is 0.393. The van der Waals surface area contributed by atoms with E-state index < -0.39 is 0 Å². The van der Waals surface area contributed by atoms with Crippen LogP contribution in [-0.4, -0.2) is 42.5 Å². The van der Waals surface area contributed by atoms with Crippen LogP contribution in [0.4, 0.5) is 0 Å². The number of terminal acetylenes is 1. The molecule has 0 N–H and O–H groups in total. The van der Waals surface area contributed by atoms with E-state index in [1.807, 2.05) is 0 Å². The van der Waals surface area contributed by atoms with Gasteiger partial charge in [-0.1, -0.05) is 48.5 Å². The summed E-state index contributed by atoms with van der Waals surface area (Å²) in [5.41, 5.74) is 6.03. The first-order chi connectivity index (χ1) is 12.4. The van der Waals surface area contributed by atoms with Gasteiger partial charge in [-0.25, -0.2) is 0 Å². The zero-order valence-corrected chi connectivity index (χ0v) is 14.8. The Labute approximate surface area is 151 Å². The fraction of sp³-hybridized carbons (Fsp3) is 0.391. The van der Waals surface area contributed by atoms with E-state index in [4.69, 9.17) is 6.42 Å². The third-order valence-electron chi connectivity index (χ3n) is 5.71. The second kappa shape index (κ2) is 7.44. The highest BCUT2D eigenvalue weighted by molar-refractivity contribution is 5.44. The minimum atomic E-state index is 0.393. The van der Waals surface area contributed by atoms with Crippen molar-refractivity contribution in [1.82, 2.24) is 9.80 Å². The molecule has 0 radical (unpaired) electrons. The Morgan fingerprint density at radius 3 is 1.96 bits per heavy atom. The standard InChI is InChI=1S/C23H26N2/c1-2-3-14-24-15-17-25(18-16-24)23-21-10-6-4-8-19(21)12-13-20-9-5-7-11-22(20)23/h1,4-11,23H,3,12-18H2. The molecule has 2 nitrogen and oxygen atoms in total. The van der Waals surface area contributed by atoms with Crippen LogP contribution >= 0.6 is 0 Å². The first-order valence-corrected chi connectivity index (χ1v) is 9.42. The van der Waals surface area contributed by atoms with Gasteiger partial charge >= 0.3 is 0 Å². The van der Waals surface area contributed by atoms with Gasteiger partial charge in [-0.05, 0) is 35.1 Å². The van der Waals surface area contributed by atoms with Crippen molar-refractivity contribution in [3.63, 3.8) is 0 Å². The SMILES string of the molecule is C#CCCN1CCN(C2c3ccccc3CCc3ccccc32)CC1. The number of hydrogen-bond donors (Lipinski definition) is 0. The lowest BCUT2D eigenvalue weighted by molar-refractivity contribution is 0.111. The van der Waals surface area contributed by atoms with E-state index in [2.05, 4.69) is 64.3 Å². The average molecular weight is 330 g/mol. The van der Waals surface area contributed by atoms with Crippen molar-refractivity contribution in [2.24, 2.45) is 0 Å². The Morgan fingerprint density at radius 1 is 0.840 bits per heavy atom. The molecule has 2 aliphatic rings. The molecule has 25 heavy (non-hydrogen) atoms. The van der Waals surface area contributed by atoms with Gasteiger partial charge in [-0.3, -0.25) is 9.80 Å². The molecule has 1 aliphatic heterocycles. The number of aryl methyl sites for hydroxylation is 2. The number of nitrogens with zero attached hydrogens (tertiary/aromatic N) is 2. The second-order valence-electron chi connectivity index (χ2n) is 7.13. The lowest BCUT2D eigenvalue weighted by atomic mass is 9.92. The number of rotatable bonds is 3. The van der Waals surface area contributed by atoms with Crippen LogP contribution in [0.5, 0.6) is 0 Å². The molecule has 2 aromatic rings. The smallest absolute Gasteiger partial charge is 0.0608 e. The van der Waals surface area contributed by atoms with Crippen LogP contribution in [0.2, 0.25) is 0 Å². The Bertz CT molecular complexity index is 718. The topological polar surface area (TPSA) is 6.48 Å². The summed E-state index contributed by atoms with van der Waals surface area (Å²) >= 11 is 0. The van der Waals surface area contributed by atoms with Crippen molar-refractivity contribution < 1.29 is 0 Å². The van der Waals surface area contributed by atoms with E-state index >= 15 is 0 Å². The molecule has 4 rings (SSSR count). The molecule has 1 fully saturated rings. The lowest BCUT2D eigenvalue weighted by Crippen LogP contribution is -2.48. The van der Waals surface area contributed by atoms with E-state index in [0.717, 1.165) is 52.0 Å². The van der Waals surface area contributed by atoms with Gasteiger partial charge in [0.25, 0.3) is 0 Å². The van der Waals surface area contributed by atoms with Crippen LogP contribution in [0.1, 0.15) is 34.7 Å². The quantitative estimate of drug-likeness (QED) is 0.795. The molecule has 0 unspecified atom stereocenters. The Hall–Kier alpha value is -2.08. The van der Waals surface area contributed by atoms with Gasteiger partial charge in [-0.2, -0.15) is 0 Å². The highest BCUT2D eigenvalue weighted by atomic mass is 15.3. The van der Waals surface area contributed by atoms with E-state index in [0.29, 0.717) is 6.04 Å². The van der Waals surface area contributed by atoms with E-state index in [1.54, 1.807) is 0 Å². The van der Waals surface area contributed by atoms with Gasteiger partial charge in [0.2, 0.25) is 0 Å². The van der Waals surface area contributed by atoms with Gasteiger partial charge in [0.1, 0.15) is 0 Å². The summed E-state index contributed by atoms with van der Waals surface area (Å²) in [6.07, 6.45) is 8.57. The maximum atomic E-state index is 5.43. The largest absolute Gasteiger partial charge is 0.300 e. The van der Waals surface area contributed by atoms with Crippen molar-refractivity contribution >= 4 is 0 Å². The molecule has 0 saturated carbocycles. The molecule has 0 atom stereocenters. The fourth-order valence-electron chi connectivity index (χ4n) is 4.36. The van der Waals surface area contributed by atoms with Crippen LogP contribution in [0, 0.1) is 12.3 Å². The zero-order valence-electron chi connectivity index (χ0n) is 14.8. The summed E-state index contributed by atoms with van der Waals surface area (Å²) in [6.45, 7) is 5.48. The molecule has 1 aliphatic carbocycles. The molecule has 2 heteroatoms. The molecular formula is C23H26N2. The van der Waals surface area contributed by atoms with Crippen molar-refractivity contribution in [2.75, 3.05) is 32.7 Å². The predicted octanol–water partition coefficient (Wildman–Crippen LogP) is 3.52. The summed E-state index contributed by atoms with van der Waals surface area (Å²) in [7, 11) is 0. The summed E-state index contributed by atoms with van der Waals surface area (Å²) in [5.74, 6) is 2.77. The highest BCUT2D eigenvalue weighted by Gasteiger charge is 2.30. The third-order valence-corrected chi connectivity index (χ3v) is 5.71. The number of benzene rings is 2. The van der Waals surface area contributed by atoms with Gasteiger partial charge in [0.15, 0.2) is 0 Å². The van der Waals surface area contributed by atoms with Crippen molar-refractivity contribution in [3.05, 3.63) is 70.8 Å². The Morgan fingerprint density at radius 2 is 1.40 bits per heavy atom. The van der Waals surface area contributed by atoms with Crippen LogP contribution in [0.3, 0.4) is 0 Å². The molecular weight excluding hydrogens is 304 g/mol. The van der Waals surface area contributed by atoms with Crippen molar-refractivity contribution in [1.29, 1.82) is 0 Å². The predicted molar refractivity (Wildman–Crippen MR) is 104 cm³/mol. The highest BCUT2D eigenvalue weighted by Crippen LogP contribution is 2.37. The molecule has 0 aromatic heterocycles. The first kappa shape index (κ1) is 16.4. The lowest BCUT2D eigenvalue weighted by Gasteiger charge is -2.40. The molecule has 2 aromatic carbocycles. The molecule has 1 heterocycles. The Kier molecular flexibility index (Phi) is 4.88. The molecule has 0 spiro atoms. The van der Waals surface area contributed by atoms with Gasteiger partial charge in [0.05, 0.1) is 6.04 Å². The van der Waals surface area contributed by atoms with E-state index in [9.17, 15) is 0 Å². The number of hydrogen-bond acceptors (Lipinski definition) is 2. The maximum absolute atomic E-state index is 5.43. The molecule has 128 valence electrons. The number of fused-ring (bicyclic) bond motifs is 2. The maximum Gasteiger partial charge on any atom is 0.0608 e. The summed E-state index contributed by atoms with van der Waals surface area (Å²) in [5, 5.41) is 0. The molecule has 0 amide bonds. The van der Waals surface area contributed by atoms with Crippen LogP contribution < -0.4 is 0 Å². The van der Waals surface area contributed by atoms with Gasteiger partial charge in [0, 0.05) is 39.1 Å². The average Bonchev–Trinajstić information content (AvgIpc) is 2.84. The Balaban J connectivity index is 1.64. The normalized spacial score (nSPS) is 18.8. The van der Waals surface area contributed by atoms with Crippen molar-refractivity contribution in [3.8, 4) is 12.3 Å². The second-order valence-corrected chi connectivity index (χ2v) is 7.13. The summed E-state index contributed by atoms with van der Waals surface area (Å²) in [4.78, 5) is 5.18. The molecule has 0 bridgehead atoms. The third kappa shape index (κ3) is 3.35. The monoisotopic (exact) mass is 330 g/mol. The minimum Gasteiger partial charge on any atom is -0.300 e. The van der Waals surface area contributed by atoms with Crippen molar-refractivity contribution in [2.45, 2.75) is 25.3 Å². The fourth-order valence-corrected chi connectivity index (χ4v) is 4.36. The zero-order chi connectivity index (χ0) is 17.1. The number of piperazine rings is 1. The van der Waals surface area contributed by atoms with E-state index in [1.165, 1.54) is 22.3 Å². The summed E-state index contributed by atoms with van der Waals surface area (Å²) in [6, 6.07) is 18.5. The van der Waals surface area contributed by atoms with Crippen LogP contribution in [0.15, 0.2) is 48.5 Å². The first-order valence-electron chi connectivity index (χ1n) is 9.42. The van der Waals surface area contributed by atoms with Gasteiger partial charge < -0.3 is 0 Å². The van der Waals surface area contributed by atoms with Gasteiger partial charge in [-0.15, -0.1) is 12.3 Å². The molecule has 1 saturated heterocycles. The van der Waals surface area contributed by atoms with Crippen LogP contribution in [-0.2, 0) is 12.8 Å². The van der Waals surface area contributed by atoms with E-state index in [-0.39, 0.29) is 0 Å². The van der Waals surface area contributed by atoms with Crippen LogP contribution in [0.25, 0.3) is 0 Å².